The second-order valence-electron chi connectivity index (χ2n) is 6.78. The van der Waals surface area contributed by atoms with Crippen molar-refractivity contribution in [2.75, 3.05) is 19.6 Å². The third kappa shape index (κ3) is 4.12. The van der Waals surface area contributed by atoms with E-state index in [1.807, 2.05) is 50.4 Å². The molecule has 0 radical (unpaired) electrons. The molecule has 0 saturated carbocycles. The van der Waals surface area contributed by atoms with Crippen LogP contribution >= 0.6 is 0 Å². The summed E-state index contributed by atoms with van der Waals surface area (Å²) in [6.07, 6.45) is 5.29. The van der Waals surface area contributed by atoms with E-state index < -0.39 is 6.04 Å². The molecule has 0 N–H and O–H groups in total. The molecule has 6 nitrogen and oxygen atoms in total. The van der Waals surface area contributed by atoms with Crippen LogP contribution in [0.1, 0.15) is 24.7 Å². The van der Waals surface area contributed by atoms with Gasteiger partial charge in [-0.2, -0.15) is 0 Å². The lowest BCUT2D eigenvalue weighted by molar-refractivity contribution is -0.155. The van der Waals surface area contributed by atoms with Crippen molar-refractivity contribution in [1.29, 1.82) is 0 Å². The zero-order chi connectivity index (χ0) is 18.5. The maximum Gasteiger partial charge on any atom is 0.245 e. The van der Waals surface area contributed by atoms with Gasteiger partial charge in [0.2, 0.25) is 11.8 Å². The quantitative estimate of drug-likeness (QED) is 0.763. The molecule has 1 aliphatic rings. The van der Waals surface area contributed by atoms with Crippen molar-refractivity contribution in [3.05, 3.63) is 54.1 Å². The number of amides is 2. The summed E-state index contributed by atoms with van der Waals surface area (Å²) in [6.45, 7) is 5.95. The van der Waals surface area contributed by atoms with Gasteiger partial charge >= 0.3 is 0 Å². The summed E-state index contributed by atoms with van der Waals surface area (Å²) < 4.78 is 2.06. The van der Waals surface area contributed by atoms with Crippen LogP contribution in [0.25, 0.3) is 0 Å². The number of carbonyl (C=O) groups is 2. The molecule has 0 unspecified atom stereocenters. The van der Waals surface area contributed by atoms with Crippen LogP contribution < -0.4 is 0 Å². The number of hydrogen-bond donors (Lipinski definition) is 0. The van der Waals surface area contributed by atoms with Crippen molar-refractivity contribution in [3.8, 4) is 0 Å². The molecule has 1 atom stereocenters. The fourth-order valence-electron chi connectivity index (χ4n) is 3.41. The number of rotatable bonds is 7. The van der Waals surface area contributed by atoms with Gasteiger partial charge in [0.1, 0.15) is 11.9 Å². The first-order chi connectivity index (χ1) is 12.6. The van der Waals surface area contributed by atoms with Crippen LogP contribution in [0, 0.1) is 6.92 Å². The molecule has 2 heterocycles. The van der Waals surface area contributed by atoms with E-state index in [4.69, 9.17) is 0 Å². The Bertz CT molecular complexity index is 756. The van der Waals surface area contributed by atoms with Gasteiger partial charge in [-0.15, -0.1) is 0 Å². The fraction of sp³-hybridized carbons (Fsp3) is 0.450. The standard InChI is InChI=1S/C20H26N4O2/c1-16-20(26)23(13-9-18-7-4-3-5-8-18)15-19(25)24(16)12-6-11-22-14-10-21-17(22)2/h3-5,7-8,10,14,16H,6,9,11-13,15H2,1-2H3/t16-/m0/s1. The highest BCUT2D eigenvalue weighted by Crippen LogP contribution is 2.14. The number of benzene rings is 1. The number of imidazole rings is 1. The first kappa shape index (κ1) is 18.2. The molecule has 6 heteroatoms. The van der Waals surface area contributed by atoms with E-state index in [1.165, 1.54) is 5.56 Å². The molecule has 1 saturated heterocycles. The first-order valence-electron chi connectivity index (χ1n) is 9.16. The minimum atomic E-state index is -0.393. The minimum Gasteiger partial charge on any atom is -0.335 e. The molecule has 0 aliphatic carbocycles. The number of carbonyl (C=O) groups excluding carboxylic acids is 2. The molecule has 1 aromatic carbocycles. The highest BCUT2D eigenvalue weighted by molar-refractivity contribution is 5.94. The van der Waals surface area contributed by atoms with Crippen molar-refractivity contribution >= 4 is 11.8 Å². The van der Waals surface area contributed by atoms with Crippen molar-refractivity contribution in [2.24, 2.45) is 0 Å². The number of hydrogen-bond acceptors (Lipinski definition) is 3. The molecule has 26 heavy (non-hydrogen) atoms. The van der Waals surface area contributed by atoms with E-state index in [0.29, 0.717) is 13.1 Å². The Balaban J connectivity index is 1.52. The summed E-state index contributed by atoms with van der Waals surface area (Å²) in [6, 6.07) is 9.66. The molecule has 2 amide bonds. The topological polar surface area (TPSA) is 58.4 Å². The van der Waals surface area contributed by atoms with Gasteiger partial charge in [0.15, 0.2) is 0 Å². The van der Waals surface area contributed by atoms with E-state index in [2.05, 4.69) is 9.55 Å². The fourth-order valence-corrected chi connectivity index (χ4v) is 3.41. The average Bonchev–Trinajstić information content (AvgIpc) is 3.05. The van der Waals surface area contributed by atoms with Crippen molar-refractivity contribution in [2.45, 2.75) is 39.3 Å². The second-order valence-corrected chi connectivity index (χ2v) is 6.78. The summed E-state index contributed by atoms with van der Waals surface area (Å²) in [5, 5.41) is 0. The van der Waals surface area contributed by atoms with Crippen LogP contribution in [-0.2, 0) is 22.6 Å². The Morgan fingerprint density at radius 1 is 1.12 bits per heavy atom. The first-order valence-corrected chi connectivity index (χ1v) is 9.16. The zero-order valence-electron chi connectivity index (χ0n) is 15.5. The van der Waals surface area contributed by atoms with Crippen molar-refractivity contribution in [3.63, 3.8) is 0 Å². The normalized spacial score (nSPS) is 17.8. The van der Waals surface area contributed by atoms with Gasteiger partial charge in [0.25, 0.3) is 0 Å². The maximum atomic E-state index is 12.7. The van der Waals surface area contributed by atoms with Crippen LogP contribution in [0.3, 0.4) is 0 Å². The number of nitrogens with zero attached hydrogens (tertiary/aromatic N) is 4. The number of aromatic nitrogens is 2. The van der Waals surface area contributed by atoms with E-state index >= 15 is 0 Å². The largest absolute Gasteiger partial charge is 0.335 e. The van der Waals surface area contributed by atoms with E-state index in [0.717, 1.165) is 25.2 Å². The Morgan fingerprint density at radius 2 is 1.88 bits per heavy atom. The average molecular weight is 354 g/mol. The lowest BCUT2D eigenvalue weighted by atomic mass is 10.1. The lowest BCUT2D eigenvalue weighted by Gasteiger charge is -2.39. The molecule has 2 aromatic rings. The highest BCUT2D eigenvalue weighted by atomic mass is 16.2. The SMILES string of the molecule is Cc1nccn1CCCN1C(=O)CN(CCc2ccccc2)C(=O)[C@@H]1C. The van der Waals surface area contributed by atoms with Crippen LogP contribution in [0.5, 0.6) is 0 Å². The third-order valence-corrected chi connectivity index (χ3v) is 5.02. The maximum absolute atomic E-state index is 12.7. The predicted molar refractivity (Wildman–Crippen MR) is 99.5 cm³/mol. The van der Waals surface area contributed by atoms with Gasteiger partial charge in [0, 0.05) is 32.0 Å². The number of piperazine rings is 1. The predicted octanol–water partition coefficient (Wildman–Crippen LogP) is 1.88. The van der Waals surface area contributed by atoms with E-state index in [9.17, 15) is 9.59 Å². The van der Waals surface area contributed by atoms with Gasteiger partial charge in [-0.1, -0.05) is 30.3 Å². The molecule has 1 aromatic heterocycles. The summed E-state index contributed by atoms with van der Waals surface area (Å²) in [5.74, 6) is 1.04. The molecular formula is C20H26N4O2. The lowest BCUT2D eigenvalue weighted by Crippen LogP contribution is -2.59. The molecule has 0 bridgehead atoms. The zero-order valence-corrected chi connectivity index (χ0v) is 15.5. The van der Waals surface area contributed by atoms with Crippen LogP contribution in [0.4, 0.5) is 0 Å². The van der Waals surface area contributed by atoms with Crippen molar-refractivity contribution < 1.29 is 9.59 Å². The number of aryl methyl sites for hydroxylation is 2. The van der Waals surface area contributed by atoms with Gasteiger partial charge in [-0.25, -0.2) is 4.98 Å². The highest BCUT2D eigenvalue weighted by Gasteiger charge is 2.35. The Morgan fingerprint density at radius 3 is 2.58 bits per heavy atom. The minimum absolute atomic E-state index is 0.0347. The van der Waals surface area contributed by atoms with Gasteiger partial charge in [0.05, 0.1) is 6.54 Å². The van der Waals surface area contributed by atoms with Crippen LogP contribution in [0.2, 0.25) is 0 Å². The monoisotopic (exact) mass is 354 g/mol. The molecule has 3 rings (SSSR count). The van der Waals surface area contributed by atoms with Gasteiger partial charge in [-0.3, -0.25) is 9.59 Å². The second kappa shape index (κ2) is 8.17. The van der Waals surface area contributed by atoms with Crippen LogP contribution in [0.15, 0.2) is 42.7 Å². The summed E-state index contributed by atoms with van der Waals surface area (Å²) in [7, 11) is 0. The molecule has 0 spiro atoms. The van der Waals surface area contributed by atoms with E-state index in [1.54, 1.807) is 16.0 Å². The molecule has 1 fully saturated rings. The smallest absolute Gasteiger partial charge is 0.245 e. The van der Waals surface area contributed by atoms with Gasteiger partial charge in [-0.05, 0) is 32.3 Å². The molecule has 1 aliphatic heterocycles. The summed E-state index contributed by atoms with van der Waals surface area (Å²) >= 11 is 0. The molecule has 138 valence electrons. The Labute approximate surface area is 154 Å². The summed E-state index contributed by atoms with van der Waals surface area (Å²) in [4.78, 5) is 32.8. The van der Waals surface area contributed by atoms with E-state index in [-0.39, 0.29) is 18.4 Å². The van der Waals surface area contributed by atoms with Crippen LogP contribution in [-0.4, -0.2) is 56.8 Å². The van der Waals surface area contributed by atoms with Crippen molar-refractivity contribution in [1.82, 2.24) is 19.4 Å². The third-order valence-electron chi connectivity index (χ3n) is 5.02. The molecular weight excluding hydrogens is 328 g/mol. The van der Waals surface area contributed by atoms with Gasteiger partial charge < -0.3 is 14.4 Å². The Hall–Kier alpha value is -2.63. The Kier molecular flexibility index (Phi) is 5.71. The summed E-state index contributed by atoms with van der Waals surface area (Å²) in [5.41, 5.74) is 1.18.